The summed E-state index contributed by atoms with van der Waals surface area (Å²) in [6.45, 7) is 7.01. The van der Waals surface area contributed by atoms with Gasteiger partial charge in [0.25, 0.3) is 5.56 Å². The van der Waals surface area contributed by atoms with Crippen LogP contribution in [0.15, 0.2) is 71.5 Å². The fourth-order valence-corrected chi connectivity index (χ4v) is 2.85. The molecule has 0 spiro atoms. The van der Waals surface area contributed by atoms with Crippen molar-refractivity contribution in [3.63, 3.8) is 0 Å². The van der Waals surface area contributed by atoms with Crippen molar-refractivity contribution < 1.29 is 4.39 Å². The van der Waals surface area contributed by atoms with Crippen LogP contribution in [0.4, 0.5) is 4.39 Å². The zero-order valence-corrected chi connectivity index (χ0v) is 14.8. The van der Waals surface area contributed by atoms with Gasteiger partial charge in [0, 0.05) is 6.07 Å². The lowest BCUT2D eigenvalue weighted by molar-refractivity contribution is 0.589. The molecule has 0 bridgehead atoms. The Hall–Kier alpha value is -2.68. The molecule has 0 saturated heterocycles. The maximum absolute atomic E-state index is 13.2. The van der Waals surface area contributed by atoms with Crippen molar-refractivity contribution in [1.82, 2.24) is 4.57 Å². The number of halogens is 1. The molecule has 0 aliphatic rings. The normalized spacial score (nSPS) is 11.5. The first kappa shape index (κ1) is 17.2. The van der Waals surface area contributed by atoms with Gasteiger partial charge in [0.2, 0.25) is 0 Å². The average molecular weight is 335 g/mol. The molecule has 1 aromatic heterocycles. The molecule has 0 fully saturated rings. The first-order chi connectivity index (χ1) is 11.8. The van der Waals surface area contributed by atoms with Gasteiger partial charge in [-0.3, -0.25) is 4.79 Å². The van der Waals surface area contributed by atoms with Crippen molar-refractivity contribution in [1.29, 1.82) is 0 Å². The predicted molar refractivity (Wildman–Crippen MR) is 100 cm³/mol. The molecule has 2 aromatic carbocycles. The lowest BCUT2D eigenvalue weighted by atomic mass is 9.87. The molecule has 0 amide bonds. The summed E-state index contributed by atoms with van der Waals surface area (Å²) in [5, 5.41) is 0. The first-order valence-electron chi connectivity index (χ1n) is 8.40. The van der Waals surface area contributed by atoms with E-state index >= 15 is 0 Å². The van der Waals surface area contributed by atoms with Crippen molar-refractivity contribution >= 4 is 0 Å². The van der Waals surface area contributed by atoms with E-state index in [4.69, 9.17) is 0 Å². The van der Waals surface area contributed by atoms with E-state index in [1.54, 1.807) is 28.8 Å². The maximum Gasteiger partial charge on any atom is 0.251 e. The van der Waals surface area contributed by atoms with Gasteiger partial charge in [0.1, 0.15) is 5.82 Å². The molecule has 0 unspecified atom stereocenters. The Labute approximate surface area is 147 Å². The number of hydrogen-bond donors (Lipinski definition) is 0. The molecule has 0 aliphatic carbocycles. The molecular formula is C22H22FNO. The molecular weight excluding hydrogens is 313 g/mol. The number of aromatic nitrogens is 1. The fourth-order valence-electron chi connectivity index (χ4n) is 2.85. The minimum Gasteiger partial charge on any atom is -0.304 e. The minimum atomic E-state index is -0.286. The van der Waals surface area contributed by atoms with Gasteiger partial charge in [-0.15, -0.1) is 0 Å². The van der Waals surface area contributed by atoms with E-state index < -0.39 is 0 Å². The van der Waals surface area contributed by atoms with Gasteiger partial charge >= 0.3 is 0 Å². The van der Waals surface area contributed by atoms with E-state index in [9.17, 15) is 9.18 Å². The summed E-state index contributed by atoms with van der Waals surface area (Å²) in [5.74, 6) is -0.286. The third-order valence-corrected chi connectivity index (χ3v) is 4.35. The Bertz CT molecular complexity index is 916. The highest BCUT2D eigenvalue weighted by molar-refractivity contribution is 5.59. The van der Waals surface area contributed by atoms with E-state index in [1.165, 1.54) is 17.7 Å². The standard InChI is InChI=1S/C22H22FNO/c1-22(2,3)18-11-7-16(8-12-18)15-24-20(5-4-6-21(24)25)17-9-13-19(23)14-10-17/h4-14H,15H2,1-3H3. The Balaban J connectivity index is 1.98. The second kappa shape index (κ2) is 6.67. The molecule has 3 aromatic rings. The summed E-state index contributed by atoms with van der Waals surface area (Å²) >= 11 is 0. The molecule has 3 heteroatoms. The monoisotopic (exact) mass is 335 g/mol. The van der Waals surface area contributed by atoms with Crippen molar-refractivity contribution in [2.45, 2.75) is 32.7 Å². The Kier molecular flexibility index (Phi) is 4.58. The largest absolute Gasteiger partial charge is 0.304 e. The molecule has 128 valence electrons. The van der Waals surface area contributed by atoms with Gasteiger partial charge in [0.05, 0.1) is 12.2 Å². The van der Waals surface area contributed by atoms with Crippen LogP contribution >= 0.6 is 0 Å². The van der Waals surface area contributed by atoms with Gasteiger partial charge in [-0.2, -0.15) is 0 Å². The van der Waals surface area contributed by atoms with Crippen LogP contribution in [0.5, 0.6) is 0 Å². The Morgan fingerprint density at radius 3 is 2.12 bits per heavy atom. The van der Waals surface area contributed by atoms with Crippen molar-refractivity contribution in [2.75, 3.05) is 0 Å². The number of nitrogens with zero attached hydrogens (tertiary/aromatic N) is 1. The number of hydrogen-bond acceptors (Lipinski definition) is 1. The third kappa shape index (κ3) is 3.87. The fraction of sp³-hybridized carbons (Fsp3) is 0.227. The summed E-state index contributed by atoms with van der Waals surface area (Å²) in [4.78, 5) is 12.4. The molecule has 25 heavy (non-hydrogen) atoms. The van der Waals surface area contributed by atoms with Crippen LogP contribution in [0.25, 0.3) is 11.3 Å². The molecule has 0 atom stereocenters. The third-order valence-electron chi connectivity index (χ3n) is 4.35. The van der Waals surface area contributed by atoms with E-state index in [2.05, 4.69) is 45.0 Å². The molecule has 0 N–H and O–H groups in total. The van der Waals surface area contributed by atoms with Crippen molar-refractivity contribution in [3.05, 3.63) is 94.0 Å². The smallest absolute Gasteiger partial charge is 0.251 e. The molecule has 1 heterocycles. The molecule has 2 nitrogen and oxygen atoms in total. The number of benzene rings is 2. The van der Waals surface area contributed by atoms with Crippen LogP contribution in [-0.2, 0) is 12.0 Å². The Morgan fingerprint density at radius 1 is 0.880 bits per heavy atom. The second-order valence-corrected chi connectivity index (χ2v) is 7.29. The van der Waals surface area contributed by atoms with Gasteiger partial charge in [-0.25, -0.2) is 4.39 Å². The topological polar surface area (TPSA) is 22.0 Å². The zero-order valence-electron chi connectivity index (χ0n) is 14.8. The van der Waals surface area contributed by atoms with Crippen molar-refractivity contribution in [3.8, 4) is 11.3 Å². The molecule has 0 aliphatic heterocycles. The lowest BCUT2D eigenvalue weighted by Crippen LogP contribution is -2.21. The molecule has 0 saturated carbocycles. The quantitative estimate of drug-likeness (QED) is 0.660. The summed E-state index contributed by atoms with van der Waals surface area (Å²) in [6, 6.07) is 19.7. The number of pyridine rings is 1. The van der Waals surface area contributed by atoms with E-state index in [1.807, 2.05) is 6.07 Å². The summed E-state index contributed by atoms with van der Waals surface area (Å²) in [5.41, 5.74) is 3.96. The highest BCUT2D eigenvalue weighted by atomic mass is 19.1. The highest BCUT2D eigenvalue weighted by Crippen LogP contribution is 2.23. The number of rotatable bonds is 3. The van der Waals surface area contributed by atoms with E-state index in [0.717, 1.165) is 16.8 Å². The van der Waals surface area contributed by atoms with Gasteiger partial charge in [0.15, 0.2) is 0 Å². The van der Waals surface area contributed by atoms with E-state index in [0.29, 0.717) is 6.54 Å². The van der Waals surface area contributed by atoms with Crippen LogP contribution in [-0.4, -0.2) is 4.57 Å². The van der Waals surface area contributed by atoms with E-state index in [-0.39, 0.29) is 16.8 Å². The maximum atomic E-state index is 13.2. The highest BCUT2D eigenvalue weighted by Gasteiger charge is 2.13. The lowest BCUT2D eigenvalue weighted by Gasteiger charge is -2.19. The summed E-state index contributed by atoms with van der Waals surface area (Å²) in [6.07, 6.45) is 0. The van der Waals surface area contributed by atoms with Gasteiger partial charge < -0.3 is 4.57 Å². The van der Waals surface area contributed by atoms with Crippen molar-refractivity contribution in [2.24, 2.45) is 0 Å². The predicted octanol–water partition coefficient (Wildman–Crippen LogP) is 5.00. The van der Waals surface area contributed by atoms with Gasteiger partial charge in [-0.1, -0.05) is 51.1 Å². The summed E-state index contributed by atoms with van der Waals surface area (Å²) < 4.78 is 14.9. The van der Waals surface area contributed by atoms with Crippen LogP contribution in [0, 0.1) is 5.82 Å². The zero-order chi connectivity index (χ0) is 18.0. The first-order valence-corrected chi connectivity index (χ1v) is 8.40. The Morgan fingerprint density at radius 2 is 1.52 bits per heavy atom. The van der Waals surface area contributed by atoms with Crippen LogP contribution in [0.3, 0.4) is 0 Å². The minimum absolute atomic E-state index is 0.0678. The second-order valence-electron chi connectivity index (χ2n) is 7.29. The molecule has 0 radical (unpaired) electrons. The molecule has 3 rings (SSSR count). The SMILES string of the molecule is CC(C)(C)c1ccc(Cn2c(-c3ccc(F)cc3)cccc2=O)cc1. The van der Waals surface area contributed by atoms with Gasteiger partial charge in [-0.05, 0) is 52.4 Å². The van der Waals surface area contributed by atoms with Crippen LogP contribution in [0.1, 0.15) is 31.9 Å². The van der Waals surface area contributed by atoms with Crippen LogP contribution in [0.2, 0.25) is 0 Å². The summed E-state index contributed by atoms with van der Waals surface area (Å²) in [7, 11) is 0. The average Bonchev–Trinajstić information content (AvgIpc) is 2.57. The van der Waals surface area contributed by atoms with Crippen LogP contribution < -0.4 is 5.56 Å².